The van der Waals surface area contributed by atoms with E-state index in [-0.39, 0.29) is 71.2 Å². The van der Waals surface area contributed by atoms with E-state index in [2.05, 4.69) is 29.5 Å². The first-order chi connectivity index (χ1) is 22.7. The van der Waals surface area contributed by atoms with E-state index in [1.54, 1.807) is 43.2 Å². The fourth-order valence-electron chi connectivity index (χ4n) is 6.95. The monoisotopic (exact) mass is 690 g/mol. The van der Waals surface area contributed by atoms with E-state index >= 15 is 0 Å². The van der Waals surface area contributed by atoms with Crippen LogP contribution >= 0.6 is 11.8 Å². The van der Waals surface area contributed by atoms with Crippen LogP contribution in [0.25, 0.3) is 0 Å². The van der Waals surface area contributed by atoms with Crippen LogP contribution in [-0.2, 0) is 30.5 Å². The Balaban J connectivity index is 2.20. The van der Waals surface area contributed by atoms with E-state index in [4.69, 9.17) is 4.74 Å². The van der Waals surface area contributed by atoms with Gasteiger partial charge in [0, 0.05) is 57.4 Å². The Morgan fingerprint density at radius 2 is 1.69 bits per heavy atom. The number of thioether (sulfide) groups is 1. The van der Waals surface area contributed by atoms with Crippen molar-refractivity contribution in [1.82, 2.24) is 30.3 Å². The summed E-state index contributed by atoms with van der Waals surface area (Å²) in [5.41, 5.74) is 0.983. The highest BCUT2D eigenvalue weighted by atomic mass is 32.2. The maximum Gasteiger partial charge on any atom is 0.245 e. The molecule has 0 aliphatic carbocycles. The predicted octanol–water partition coefficient (Wildman–Crippen LogP) is 3.82. The SMILES string of the molecule is CCC(C)C(C(CC(=O)N1CCCC1C(CC(=O)NCc1ccncc1)SC)OC)N(C)C(=O)C(NC(=O)C(C(C)C)N(C)C)C(C)C. The summed E-state index contributed by atoms with van der Waals surface area (Å²) in [5.74, 6) is -0.498. The lowest BCUT2D eigenvalue weighted by Crippen LogP contribution is -2.59. The van der Waals surface area contributed by atoms with Crippen LogP contribution in [0.15, 0.2) is 24.5 Å². The molecular formula is C36H62N6O5S. The van der Waals surface area contributed by atoms with Gasteiger partial charge in [0.05, 0.1) is 24.6 Å². The van der Waals surface area contributed by atoms with Crippen LogP contribution in [-0.4, -0.2) is 120 Å². The van der Waals surface area contributed by atoms with E-state index in [1.165, 1.54) is 0 Å². The largest absolute Gasteiger partial charge is 0.379 e. The molecule has 0 radical (unpaired) electrons. The Bertz CT molecular complexity index is 1160. The number of likely N-dealkylation sites (N-methyl/N-ethyl adjacent to an activating group) is 2. The molecule has 7 unspecified atom stereocenters. The van der Waals surface area contributed by atoms with Gasteiger partial charge in [-0.25, -0.2) is 0 Å². The fraction of sp³-hybridized carbons (Fsp3) is 0.750. The van der Waals surface area contributed by atoms with Crippen molar-refractivity contribution in [3.05, 3.63) is 30.1 Å². The number of rotatable bonds is 19. The molecule has 2 rings (SSSR count). The van der Waals surface area contributed by atoms with Crippen LogP contribution in [0.1, 0.15) is 79.2 Å². The van der Waals surface area contributed by atoms with Crippen molar-refractivity contribution in [2.45, 2.75) is 116 Å². The highest BCUT2D eigenvalue weighted by Crippen LogP contribution is 2.31. The molecule has 2 heterocycles. The summed E-state index contributed by atoms with van der Waals surface area (Å²) in [6.07, 6.45) is 7.76. The number of amides is 4. The second kappa shape index (κ2) is 20.1. The van der Waals surface area contributed by atoms with Gasteiger partial charge in [-0.15, -0.1) is 0 Å². The summed E-state index contributed by atoms with van der Waals surface area (Å²) in [6.45, 7) is 13.0. The second-order valence-corrected chi connectivity index (χ2v) is 15.2. The standard InChI is InChI=1S/C36H62N6O5S/c1-12-25(6)34(41(9)36(46)32(23(2)3)39-35(45)33(24(4)5)40(7)8)28(47-10)20-31(44)42-19-13-14-27(42)29(48-11)21-30(43)38-22-26-15-17-37-18-16-26/h15-18,23-25,27-29,32-34H,12-14,19-22H2,1-11H3,(H,38,43)(H,39,45). The van der Waals surface area contributed by atoms with Gasteiger partial charge in [-0.1, -0.05) is 48.0 Å². The number of hydrogen-bond donors (Lipinski definition) is 2. The van der Waals surface area contributed by atoms with Crippen molar-refractivity contribution in [2.75, 3.05) is 41.1 Å². The highest BCUT2D eigenvalue weighted by Gasteiger charge is 2.41. The molecule has 1 aromatic heterocycles. The summed E-state index contributed by atoms with van der Waals surface area (Å²) in [4.78, 5) is 63.9. The van der Waals surface area contributed by atoms with Gasteiger partial charge in [0.15, 0.2) is 0 Å². The Kier molecular flexibility index (Phi) is 17.4. The molecule has 1 aliphatic rings. The molecule has 0 bridgehead atoms. The number of hydrogen-bond acceptors (Lipinski definition) is 8. The number of likely N-dealkylation sites (tertiary alicyclic amines) is 1. The number of nitrogens with zero attached hydrogens (tertiary/aromatic N) is 4. The van der Waals surface area contributed by atoms with Gasteiger partial charge in [-0.3, -0.25) is 29.1 Å². The fourth-order valence-corrected chi connectivity index (χ4v) is 7.86. The first-order valence-electron chi connectivity index (χ1n) is 17.4. The average Bonchev–Trinajstić information content (AvgIpc) is 3.54. The highest BCUT2D eigenvalue weighted by molar-refractivity contribution is 7.99. The Hall–Kier alpha value is -2.70. The van der Waals surface area contributed by atoms with Gasteiger partial charge in [0.1, 0.15) is 6.04 Å². The summed E-state index contributed by atoms with van der Waals surface area (Å²) >= 11 is 1.62. The van der Waals surface area contributed by atoms with Crippen molar-refractivity contribution in [3.8, 4) is 0 Å². The molecule has 11 nitrogen and oxygen atoms in total. The molecule has 272 valence electrons. The average molecular weight is 691 g/mol. The van der Waals surface area contributed by atoms with Crippen LogP contribution in [0.4, 0.5) is 0 Å². The van der Waals surface area contributed by atoms with Crippen molar-refractivity contribution in [1.29, 1.82) is 0 Å². The molecule has 1 aliphatic heterocycles. The van der Waals surface area contributed by atoms with Crippen LogP contribution in [0.5, 0.6) is 0 Å². The number of nitrogens with one attached hydrogen (secondary N) is 2. The Morgan fingerprint density at radius 3 is 2.21 bits per heavy atom. The van der Waals surface area contributed by atoms with E-state index in [1.807, 2.05) is 70.0 Å². The predicted molar refractivity (Wildman–Crippen MR) is 193 cm³/mol. The summed E-state index contributed by atoms with van der Waals surface area (Å²) in [7, 11) is 7.09. The number of carbonyl (C=O) groups excluding carboxylic acids is 4. The van der Waals surface area contributed by atoms with Gasteiger partial charge < -0.3 is 25.2 Å². The van der Waals surface area contributed by atoms with Gasteiger partial charge in [-0.05, 0) is 68.6 Å². The van der Waals surface area contributed by atoms with Crippen LogP contribution in [0.2, 0.25) is 0 Å². The first-order valence-corrected chi connectivity index (χ1v) is 18.7. The number of methoxy groups -OCH3 is 1. The molecule has 4 amide bonds. The maximum absolute atomic E-state index is 14.1. The molecular weight excluding hydrogens is 628 g/mol. The number of pyridine rings is 1. The zero-order chi connectivity index (χ0) is 36.1. The smallest absolute Gasteiger partial charge is 0.245 e. The Labute approximate surface area is 293 Å². The number of aromatic nitrogens is 1. The third-order valence-corrected chi connectivity index (χ3v) is 10.8. The zero-order valence-electron chi connectivity index (χ0n) is 31.2. The van der Waals surface area contributed by atoms with Crippen molar-refractivity contribution < 1.29 is 23.9 Å². The lowest BCUT2D eigenvalue weighted by atomic mass is 9.89. The van der Waals surface area contributed by atoms with Gasteiger partial charge >= 0.3 is 0 Å². The Morgan fingerprint density at radius 1 is 1.04 bits per heavy atom. The quantitative estimate of drug-likeness (QED) is 0.225. The lowest BCUT2D eigenvalue weighted by Gasteiger charge is -2.41. The molecule has 48 heavy (non-hydrogen) atoms. The number of ether oxygens (including phenoxy) is 1. The molecule has 7 atom stereocenters. The van der Waals surface area contributed by atoms with Crippen molar-refractivity contribution in [3.63, 3.8) is 0 Å². The summed E-state index contributed by atoms with van der Waals surface area (Å²) in [6, 6.07) is 2.20. The van der Waals surface area contributed by atoms with Crippen LogP contribution in [0, 0.1) is 17.8 Å². The molecule has 0 spiro atoms. The van der Waals surface area contributed by atoms with Crippen LogP contribution in [0.3, 0.4) is 0 Å². The lowest BCUT2D eigenvalue weighted by molar-refractivity contribution is -0.146. The molecule has 1 fully saturated rings. The summed E-state index contributed by atoms with van der Waals surface area (Å²) < 4.78 is 6.01. The van der Waals surface area contributed by atoms with Gasteiger partial charge in [0.2, 0.25) is 23.6 Å². The van der Waals surface area contributed by atoms with Gasteiger partial charge in [0.25, 0.3) is 0 Å². The molecule has 2 N–H and O–H groups in total. The molecule has 1 aromatic rings. The minimum Gasteiger partial charge on any atom is -0.379 e. The molecule has 0 saturated carbocycles. The van der Waals surface area contributed by atoms with E-state index in [0.29, 0.717) is 19.5 Å². The zero-order valence-corrected chi connectivity index (χ0v) is 32.0. The number of carbonyl (C=O) groups is 4. The topological polar surface area (TPSA) is 124 Å². The van der Waals surface area contributed by atoms with Crippen molar-refractivity contribution in [2.24, 2.45) is 17.8 Å². The summed E-state index contributed by atoms with van der Waals surface area (Å²) in [5, 5.41) is 6.01. The molecule has 1 saturated heterocycles. The van der Waals surface area contributed by atoms with E-state index < -0.39 is 12.1 Å². The molecule has 12 heteroatoms. The van der Waals surface area contributed by atoms with Crippen LogP contribution < -0.4 is 10.6 Å². The third kappa shape index (κ3) is 11.4. The maximum atomic E-state index is 14.1. The van der Waals surface area contributed by atoms with E-state index in [9.17, 15) is 19.2 Å². The first kappa shape index (κ1) is 41.5. The minimum absolute atomic E-state index is 0.0304. The minimum atomic E-state index is -0.724. The van der Waals surface area contributed by atoms with Gasteiger partial charge in [-0.2, -0.15) is 11.8 Å². The normalized spacial score (nSPS) is 18.7. The third-order valence-electron chi connectivity index (χ3n) is 9.75. The second-order valence-electron chi connectivity index (χ2n) is 14.1. The molecule has 0 aromatic carbocycles. The van der Waals surface area contributed by atoms with E-state index in [0.717, 1.165) is 24.8 Å². The van der Waals surface area contributed by atoms with Crippen molar-refractivity contribution >= 4 is 35.4 Å².